The fraction of sp³-hybridized carbons (Fsp3) is 0.333. The van der Waals surface area contributed by atoms with Crippen LogP contribution in [0.15, 0.2) is 48.5 Å². The lowest BCUT2D eigenvalue weighted by molar-refractivity contribution is -0.136. The van der Waals surface area contributed by atoms with E-state index in [0.29, 0.717) is 17.4 Å². The molecule has 0 saturated heterocycles. The lowest BCUT2D eigenvalue weighted by Crippen LogP contribution is -2.16. The van der Waals surface area contributed by atoms with Crippen LogP contribution in [0.5, 0.6) is 11.5 Å². The van der Waals surface area contributed by atoms with E-state index in [-0.39, 0.29) is 5.97 Å². The fourth-order valence-corrected chi connectivity index (χ4v) is 2.85. The Balaban J connectivity index is 2.10. The van der Waals surface area contributed by atoms with E-state index in [1.165, 1.54) is 25.9 Å². The van der Waals surface area contributed by atoms with Crippen molar-refractivity contribution in [1.29, 1.82) is 0 Å². The highest BCUT2D eigenvalue weighted by Crippen LogP contribution is 2.30. The average molecular weight is 396 g/mol. The van der Waals surface area contributed by atoms with Crippen molar-refractivity contribution < 1.29 is 23.8 Å². The third-order valence-electron chi connectivity index (χ3n) is 4.49. The Morgan fingerprint density at radius 1 is 0.966 bits per heavy atom. The molecule has 154 valence electrons. The Morgan fingerprint density at radius 2 is 1.66 bits per heavy atom. The Labute approximate surface area is 172 Å². The van der Waals surface area contributed by atoms with Crippen molar-refractivity contribution in [2.24, 2.45) is 5.92 Å². The maximum atomic E-state index is 12.6. The van der Waals surface area contributed by atoms with Crippen LogP contribution in [0.4, 0.5) is 0 Å². The molecule has 0 N–H and O–H groups in total. The topological polar surface area (TPSA) is 61.8 Å². The monoisotopic (exact) mass is 396 g/mol. The standard InChI is InChI=1S/C24H28O5/c1-16(2)14-18-6-10-20(11-7-18)17(3)24(26)29-21-12-8-19(15-22(21)27-4)9-13-23(25)28-5/h6-13,15-17H,14H2,1-5H3/b13-9+/t17-/m0/s1. The van der Waals surface area contributed by atoms with Crippen LogP contribution in [-0.2, 0) is 20.7 Å². The van der Waals surface area contributed by atoms with Crippen LogP contribution in [0.25, 0.3) is 6.08 Å². The number of methoxy groups -OCH3 is 2. The van der Waals surface area contributed by atoms with Gasteiger partial charge in [-0.1, -0.05) is 44.2 Å². The number of carbonyl (C=O) groups is 2. The second-order valence-electron chi connectivity index (χ2n) is 7.25. The summed E-state index contributed by atoms with van der Waals surface area (Å²) in [6.45, 7) is 6.18. The number of rotatable bonds is 8. The Bertz CT molecular complexity index is 865. The van der Waals surface area contributed by atoms with Gasteiger partial charge in [-0.25, -0.2) is 4.79 Å². The van der Waals surface area contributed by atoms with E-state index in [2.05, 4.69) is 30.7 Å². The van der Waals surface area contributed by atoms with E-state index in [0.717, 1.165) is 17.5 Å². The zero-order valence-electron chi connectivity index (χ0n) is 17.6. The number of carbonyl (C=O) groups excluding carboxylic acids is 2. The van der Waals surface area contributed by atoms with E-state index < -0.39 is 11.9 Å². The maximum absolute atomic E-state index is 12.6. The van der Waals surface area contributed by atoms with Gasteiger partial charge in [-0.3, -0.25) is 4.79 Å². The first-order valence-corrected chi connectivity index (χ1v) is 9.58. The zero-order valence-corrected chi connectivity index (χ0v) is 17.6. The minimum absolute atomic E-state index is 0.330. The zero-order chi connectivity index (χ0) is 21.4. The van der Waals surface area contributed by atoms with E-state index >= 15 is 0 Å². The summed E-state index contributed by atoms with van der Waals surface area (Å²) in [7, 11) is 2.81. The molecule has 2 aromatic carbocycles. The van der Waals surface area contributed by atoms with Gasteiger partial charge in [0.05, 0.1) is 20.1 Å². The molecule has 0 heterocycles. The molecule has 0 amide bonds. The lowest BCUT2D eigenvalue weighted by atomic mass is 9.97. The van der Waals surface area contributed by atoms with Gasteiger partial charge in [0.2, 0.25) is 0 Å². The number of esters is 2. The minimum atomic E-state index is -0.451. The molecule has 5 heteroatoms. The van der Waals surface area contributed by atoms with Crippen molar-refractivity contribution in [2.45, 2.75) is 33.1 Å². The second-order valence-corrected chi connectivity index (χ2v) is 7.25. The van der Waals surface area contributed by atoms with Gasteiger partial charge in [-0.05, 0) is 54.2 Å². The van der Waals surface area contributed by atoms with Gasteiger partial charge < -0.3 is 14.2 Å². The van der Waals surface area contributed by atoms with Crippen molar-refractivity contribution in [1.82, 2.24) is 0 Å². The molecule has 0 aliphatic rings. The third-order valence-corrected chi connectivity index (χ3v) is 4.49. The highest BCUT2D eigenvalue weighted by atomic mass is 16.6. The first-order chi connectivity index (χ1) is 13.8. The molecular formula is C24H28O5. The van der Waals surface area contributed by atoms with Crippen LogP contribution in [-0.4, -0.2) is 26.2 Å². The molecule has 1 atom stereocenters. The SMILES string of the molecule is COC(=O)/C=C/c1ccc(OC(=O)[C@@H](C)c2ccc(CC(C)C)cc2)c(OC)c1. The van der Waals surface area contributed by atoms with E-state index in [1.807, 2.05) is 19.1 Å². The van der Waals surface area contributed by atoms with Crippen LogP contribution >= 0.6 is 0 Å². The van der Waals surface area contributed by atoms with Gasteiger partial charge in [-0.15, -0.1) is 0 Å². The molecule has 0 radical (unpaired) electrons. The lowest BCUT2D eigenvalue weighted by Gasteiger charge is -2.15. The largest absolute Gasteiger partial charge is 0.493 e. The van der Waals surface area contributed by atoms with Gasteiger partial charge in [0.1, 0.15) is 0 Å². The molecule has 0 aliphatic carbocycles. The maximum Gasteiger partial charge on any atom is 0.330 e. The van der Waals surface area contributed by atoms with Crippen LogP contribution < -0.4 is 9.47 Å². The van der Waals surface area contributed by atoms with Crippen molar-refractivity contribution in [3.63, 3.8) is 0 Å². The summed E-state index contributed by atoms with van der Waals surface area (Å²) >= 11 is 0. The molecule has 2 rings (SSSR count). The van der Waals surface area contributed by atoms with Crippen molar-refractivity contribution in [2.75, 3.05) is 14.2 Å². The first-order valence-electron chi connectivity index (χ1n) is 9.58. The highest BCUT2D eigenvalue weighted by molar-refractivity contribution is 5.87. The molecule has 0 unspecified atom stereocenters. The minimum Gasteiger partial charge on any atom is -0.493 e. The molecule has 2 aromatic rings. The molecule has 0 aliphatic heterocycles. The Morgan fingerprint density at radius 3 is 2.24 bits per heavy atom. The number of ether oxygens (including phenoxy) is 3. The quantitative estimate of drug-likeness (QED) is 0.365. The van der Waals surface area contributed by atoms with Gasteiger partial charge in [-0.2, -0.15) is 0 Å². The summed E-state index contributed by atoms with van der Waals surface area (Å²) in [6, 6.07) is 13.1. The van der Waals surface area contributed by atoms with Gasteiger partial charge in [0, 0.05) is 6.08 Å². The summed E-state index contributed by atoms with van der Waals surface area (Å²) in [6.07, 6.45) is 3.92. The van der Waals surface area contributed by atoms with Crippen LogP contribution in [0.2, 0.25) is 0 Å². The predicted molar refractivity (Wildman–Crippen MR) is 113 cm³/mol. The van der Waals surface area contributed by atoms with Crippen LogP contribution in [0, 0.1) is 5.92 Å². The van der Waals surface area contributed by atoms with Gasteiger partial charge in [0.25, 0.3) is 0 Å². The second kappa shape index (κ2) is 10.5. The molecule has 0 saturated carbocycles. The Kier molecular flexibility index (Phi) is 8.01. The van der Waals surface area contributed by atoms with Crippen LogP contribution in [0.3, 0.4) is 0 Å². The smallest absolute Gasteiger partial charge is 0.330 e. The summed E-state index contributed by atoms with van der Waals surface area (Å²) < 4.78 is 15.5. The molecule has 0 fully saturated rings. The summed E-state index contributed by atoms with van der Waals surface area (Å²) in [5, 5.41) is 0. The van der Waals surface area contributed by atoms with Crippen molar-refractivity contribution >= 4 is 18.0 Å². The fourth-order valence-electron chi connectivity index (χ4n) is 2.85. The Hall–Kier alpha value is -3.08. The van der Waals surface area contributed by atoms with Crippen molar-refractivity contribution in [3.05, 3.63) is 65.2 Å². The molecule has 0 spiro atoms. The van der Waals surface area contributed by atoms with Gasteiger partial charge >= 0.3 is 11.9 Å². The van der Waals surface area contributed by atoms with Gasteiger partial charge in [0.15, 0.2) is 11.5 Å². The van der Waals surface area contributed by atoms with Crippen LogP contribution in [0.1, 0.15) is 43.4 Å². The predicted octanol–water partition coefficient (Wildman–Crippen LogP) is 4.79. The van der Waals surface area contributed by atoms with E-state index in [4.69, 9.17) is 9.47 Å². The average Bonchev–Trinajstić information content (AvgIpc) is 2.72. The number of hydrogen-bond donors (Lipinski definition) is 0. The van der Waals surface area contributed by atoms with E-state index in [1.54, 1.807) is 24.3 Å². The van der Waals surface area contributed by atoms with E-state index in [9.17, 15) is 9.59 Å². The highest BCUT2D eigenvalue weighted by Gasteiger charge is 2.19. The third kappa shape index (κ3) is 6.49. The summed E-state index contributed by atoms with van der Waals surface area (Å²) in [5.74, 6) is 0.0964. The summed E-state index contributed by atoms with van der Waals surface area (Å²) in [5.41, 5.74) is 2.88. The molecule has 0 bridgehead atoms. The van der Waals surface area contributed by atoms with Crippen molar-refractivity contribution in [3.8, 4) is 11.5 Å². The number of hydrogen-bond acceptors (Lipinski definition) is 5. The molecule has 0 aromatic heterocycles. The first kappa shape index (κ1) is 22.2. The summed E-state index contributed by atoms with van der Waals surface area (Å²) in [4.78, 5) is 23.9. The number of benzene rings is 2. The normalized spacial score (nSPS) is 12.1. The molecule has 29 heavy (non-hydrogen) atoms. The molecular weight excluding hydrogens is 368 g/mol. The molecule has 5 nitrogen and oxygen atoms in total.